The predicted molar refractivity (Wildman–Crippen MR) is 110 cm³/mol. The molecule has 8 heteroatoms. The van der Waals surface area contributed by atoms with Crippen molar-refractivity contribution in [3.63, 3.8) is 0 Å². The number of nitrogens with zero attached hydrogens (tertiary/aromatic N) is 4. The number of aliphatic hydroxyl groups is 1. The molecule has 2 aromatic carbocycles. The molecule has 1 heterocycles. The van der Waals surface area contributed by atoms with E-state index in [4.69, 9.17) is 15.3 Å². The molecule has 0 aliphatic heterocycles. The van der Waals surface area contributed by atoms with E-state index < -0.39 is 18.1 Å². The standard InChI is InChI=1S/C23H19FN4O3/c1-3-17-4-5-18(10-19-6-14(2)23(30)28(13-29)27-19)21(24)22(17)31-20-8-15(11-25)7-16(9-20)12-26/h4-9,29H,3,10,13H2,1-2H3. The van der Waals surface area contributed by atoms with Crippen molar-refractivity contribution >= 4 is 0 Å². The highest BCUT2D eigenvalue weighted by Crippen LogP contribution is 2.32. The Labute approximate surface area is 178 Å². The summed E-state index contributed by atoms with van der Waals surface area (Å²) in [4.78, 5) is 11.9. The topological polar surface area (TPSA) is 112 Å². The molecule has 0 saturated carbocycles. The zero-order valence-electron chi connectivity index (χ0n) is 17.0. The average Bonchev–Trinajstić information content (AvgIpc) is 2.78. The molecule has 1 aromatic heterocycles. The molecule has 0 fully saturated rings. The normalized spacial score (nSPS) is 10.4. The van der Waals surface area contributed by atoms with Crippen LogP contribution in [0, 0.1) is 35.4 Å². The van der Waals surface area contributed by atoms with Crippen molar-refractivity contribution in [2.75, 3.05) is 0 Å². The molecule has 1 N–H and O–H groups in total. The lowest BCUT2D eigenvalue weighted by molar-refractivity contribution is 0.187. The Morgan fingerprint density at radius 2 is 1.77 bits per heavy atom. The Hall–Kier alpha value is -4.01. The minimum absolute atomic E-state index is 0.00572. The lowest BCUT2D eigenvalue weighted by atomic mass is 10.0. The molecule has 0 radical (unpaired) electrons. The molecule has 0 spiro atoms. The van der Waals surface area contributed by atoms with Gasteiger partial charge in [0.25, 0.3) is 5.56 Å². The third kappa shape index (κ3) is 4.61. The van der Waals surface area contributed by atoms with Gasteiger partial charge >= 0.3 is 0 Å². The van der Waals surface area contributed by atoms with E-state index in [1.807, 2.05) is 19.1 Å². The zero-order valence-corrected chi connectivity index (χ0v) is 17.0. The smallest absolute Gasteiger partial charge is 0.271 e. The third-order valence-electron chi connectivity index (χ3n) is 4.73. The Morgan fingerprint density at radius 1 is 1.13 bits per heavy atom. The summed E-state index contributed by atoms with van der Waals surface area (Å²) in [6.07, 6.45) is 0.581. The lowest BCUT2D eigenvalue weighted by Crippen LogP contribution is -2.26. The van der Waals surface area contributed by atoms with Crippen LogP contribution >= 0.6 is 0 Å². The van der Waals surface area contributed by atoms with Gasteiger partial charge in [0.1, 0.15) is 12.5 Å². The molecular formula is C23H19FN4O3. The summed E-state index contributed by atoms with van der Waals surface area (Å²) in [5.41, 5.74) is 1.76. The molecule has 0 aliphatic rings. The molecule has 156 valence electrons. The van der Waals surface area contributed by atoms with Crippen LogP contribution in [-0.4, -0.2) is 14.9 Å². The van der Waals surface area contributed by atoms with E-state index in [0.29, 0.717) is 28.8 Å². The number of hydrogen-bond acceptors (Lipinski definition) is 6. The first-order chi connectivity index (χ1) is 14.9. The SMILES string of the molecule is CCc1ccc(Cc2cc(C)c(=O)n(CO)n2)c(F)c1Oc1cc(C#N)cc(C#N)c1. The fourth-order valence-electron chi connectivity index (χ4n) is 3.19. The maximum absolute atomic E-state index is 15.4. The zero-order chi connectivity index (χ0) is 22.5. The van der Waals surface area contributed by atoms with Crippen molar-refractivity contribution in [2.45, 2.75) is 33.4 Å². The van der Waals surface area contributed by atoms with Gasteiger partial charge in [-0.2, -0.15) is 15.6 Å². The van der Waals surface area contributed by atoms with Gasteiger partial charge < -0.3 is 9.84 Å². The summed E-state index contributed by atoms with van der Waals surface area (Å²) in [5, 5.41) is 31.7. The van der Waals surface area contributed by atoms with Gasteiger partial charge in [0.05, 0.1) is 29.0 Å². The van der Waals surface area contributed by atoms with E-state index in [-0.39, 0.29) is 29.0 Å². The second-order valence-corrected chi connectivity index (χ2v) is 6.89. The number of halogens is 1. The summed E-state index contributed by atoms with van der Waals surface area (Å²) in [7, 11) is 0. The summed E-state index contributed by atoms with van der Waals surface area (Å²) in [5.74, 6) is -0.406. The van der Waals surface area contributed by atoms with Crippen molar-refractivity contribution in [1.29, 1.82) is 10.5 Å². The Bertz CT molecular complexity index is 1250. The molecule has 0 bridgehead atoms. The number of aromatic nitrogens is 2. The quantitative estimate of drug-likeness (QED) is 0.657. The van der Waals surface area contributed by atoms with Gasteiger partial charge in [-0.05, 0) is 48.7 Å². The summed E-state index contributed by atoms with van der Waals surface area (Å²) in [6, 6.07) is 13.1. The minimum Gasteiger partial charge on any atom is -0.454 e. The van der Waals surface area contributed by atoms with Crippen molar-refractivity contribution in [3.05, 3.63) is 86.1 Å². The van der Waals surface area contributed by atoms with Crippen LogP contribution in [0.1, 0.15) is 40.4 Å². The van der Waals surface area contributed by atoms with Crippen molar-refractivity contribution in [3.8, 4) is 23.6 Å². The van der Waals surface area contributed by atoms with Crippen molar-refractivity contribution in [1.82, 2.24) is 9.78 Å². The Balaban J connectivity index is 2.03. The third-order valence-corrected chi connectivity index (χ3v) is 4.73. The highest BCUT2D eigenvalue weighted by molar-refractivity contribution is 5.49. The van der Waals surface area contributed by atoms with Crippen LogP contribution in [-0.2, 0) is 19.6 Å². The number of nitriles is 2. The largest absolute Gasteiger partial charge is 0.454 e. The van der Waals surface area contributed by atoms with Gasteiger partial charge in [-0.1, -0.05) is 19.1 Å². The number of ether oxygens (including phenoxy) is 1. The molecule has 0 aliphatic carbocycles. The Kier molecular flexibility index (Phi) is 6.44. The number of aryl methyl sites for hydroxylation is 2. The first kappa shape index (κ1) is 21.7. The molecule has 7 nitrogen and oxygen atoms in total. The van der Waals surface area contributed by atoms with Crippen LogP contribution in [0.5, 0.6) is 11.5 Å². The van der Waals surface area contributed by atoms with E-state index in [0.717, 1.165) is 4.68 Å². The molecule has 0 amide bonds. The number of rotatable bonds is 6. The van der Waals surface area contributed by atoms with Gasteiger partial charge in [0, 0.05) is 12.0 Å². The molecular weight excluding hydrogens is 399 g/mol. The molecule has 0 atom stereocenters. The highest BCUT2D eigenvalue weighted by atomic mass is 19.1. The molecule has 0 saturated heterocycles. The van der Waals surface area contributed by atoms with Crippen LogP contribution in [0.15, 0.2) is 41.2 Å². The Morgan fingerprint density at radius 3 is 2.35 bits per heavy atom. The van der Waals surface area contributed by atoms with E-state index in [2.05, 4.69) is 5.10 Å². The fourth-order valence-corrected chi connectivity index (χ4v) is 3.19. The van der Waals surface area contributed by atoms with E-state index in [9.17, 15) is 9.90 Å². The van der Waals surface area contributed by atoms with Gasteiger partial charge in [0.15, 0.2) is 11.6 Å². The number of hydrogen-bond donors (Lipinski definition) is 1. The molecule has 0 unspecified atom stereocenters. The summed E-state index contributed by atoms with van der Waals surface area (Å²) in [6.45, 7) is 2.88. The van der Waals surface area contributed by atoms with Gasteiger partial charge in [-0.3, -0.25) is 4.79 Å². The molecule has 31 heavy (non-hydrogen) atoms. The molecule has 3 aromatic rings. The highest BCUT2D eigenvalue weighted by Gasteiger charge is 2.17. The summed E-state index contributed by atoms with van der Waals surface area (Å²) < 4.78 is 22.1. The second-order valence-electron chi connectivity index (χ2n) is 6.89. The van der Waals surface area contributed by atoms with Crippen molar-refractivity contribution < 1.29 is 14.2 Å². The molecule has 3 rings (SSSR count). The van der Waals surface area contributed by atoms with Gasteiger partial charge in [0.2, 0.25) is 0 Å². The monoisotopic (exact) mass is 418 g/mol. The van der Waals surface area contributed by atoms with Gasteiger partial charge in [-0.15, -0.1) is 0 Å². The van der Waals surface area contributed by atoms with Gasteiger partial charge in [-0.25, -0.2) is 9.07 Å². The number of aliphatic hydroxyl groups excluding tert-OH is 1. The predicted octanol–water partition coefficient (Wildman–Crippen LogP) is 3.33. The first-order valence-corrected chi connectivity index (χ1v) is 9.52. The maximum Gasteiger partial charge on any atom is 0.271 e. The van der Waals surface area contributed by atoms with Crippen LogP contribution in [0.3, 0.4) is 0 Å². The number of benzene rings is 2. The van der Waals surface area contributed by atoms with E-state index in [1.165, 1.54) is 18.2 Å². The first-order valence-electron chi connectivity index (χ1n) is 9.52. The van der Waals surface area contributed by atoms with E-state index >= 15 is 4.39 Å². The minimum atomic E-state index is -0.596. The average molecular weight is 418 g/mol. The summed E-state index contributed by atoms with van der Waals surface area (Å²) >= 11 is 0. The van der Waals surface area contributed by atoms with Crippen LogP contribution < -0.4 is 10.3 Å². The lowest BCUT2D eigenvalue weighted by Gasteiger charge is -2.15. The van der Waals surface area contributed by atoms with Crippen LogP contribution in [0.2, 0.25) is 0 Å². The van der Waals surface area contributed by atoms with E-state index in [1.54, 1.807) is 25.1 Å². The second kappa shape index (κ2) is 9.21. The van der Waals surface area contributed by atoms with Crippen LogP contribution in [0.25, 0.3) is 0 Å². The van der Waals surface area contributed by atoms with Crippen molar-refractivity contribution in [2.24, 2.45) is 0 Å². The van der Waals surface area contributed by atoms with Crippen LogP contribution in [0.4, 0.5) is 4.39 Å². The maximum atomic E-state index is 15.4. The fraction of sp³-hybridized carbons (Fsp3) is 0.217.